The summed E-state index contributed by atoms with van der Waals surface area (Å²) in [6.07, 6.45) is 3.56. The van der Waals surface area contributed by atoms with E-state index in [2.05, 4.69) is 54.1 Å². The number of benzene rings is 1. The summed E-state index contributed by atoms with van der Waals surface area (Å²) in [5, 5.41) is 4.81. The Morgan fingerprint density at radius 2 is 1.93 bits per heavy atom. The summed E-state index contributed by atoms with van der Waals surface area (Å²) in [6.45, 7) is 2.25. The summed E-state index contributed by atoms with van der Waals surface area (Å²) in [5.41, 5.74) is 2.76. The zero-order valence-electron chi connectivity index (χ0n) is 8.48. The van der Waals surface area contributed by atoms with Crippen LogP contribution in [-0.4, -0.2) is 5.75 Å². The van der Waals surface area contributed by atoms with Crippen molar-refractivity contribution in [3.63, 3.8) is 0 Å². The minimum absolute atomic E-state index is 0.0493. The highest BCUT2D eigenvalue weighted by Crippen LogP contribution is 2.39. The predicted molar refractivity (Wildman–Crippen MR) is 67.7 cm³/mol. The molecular weight excluding hydrogens is 188 g/mol. The van der Waals surface area contributed by atoms with Gasteiger partial charge in [0.1, 0.15) is 0 Å². The van der Waals surface area contributed by atoms with Crippen molar-refractivity contribution in [2.45, 2.75) is 13.3 Å². The molecule has 0 aliphatic carbocycles. The lowest BCUT2D eigenvalue weighted by atomic mass is 10.1. The van der Waals surface area contributed by atoms with E-state index in [1.807, 2.05) is 0 Å². The number of hydrogen-bond acceptors (Lipinski definition) is 0. The van der Waals surface area contributed by atoms with Crippen molar-refractivity contribution in [1.82, 2.24) is 0 Å². The van der Waals surface area contributed by atoms with E-state index >= 15 is 0 Å². The molecule has 2 rings (SSSR count). The molecule has 0 radical (unpaired) electrons. The van der Waals surface area contributed by atoms with Crippen molar-refractivity contribution in [3.05, 3.63) is 52.8 Å². The molecule has 0 N–H and O–H groups in total. The van der Waals surface area contributed by atoms with E-state index in [4.69, 9.17) is 0 Å². The molecule has 1 heterocycles. The average molecular weight is 204 g/mol. The molecule has 0 saturated heterocycles. The predicted octanol–water partition coefficient (Wildman–Crippen LogP) is 3.97. The van der Waals surface area contributed by atoms with Crippen molar-refractivity contribution < 1.29 is 0 Å². The molecule has 0 bridgehead atoms. The van der Waals surface area contributed by atoms with Crippen LogP contribution in [0.4, 0.5) is 0 Å². The lowest BCUT2D eigenvalue weighted by Crippen LogP contribution is -1.78. The fourth-order valence-electron chi connectivity index (χ4n) is 1.64. The van der Waals surface area contributed by atoms with Crippen LogP contribution in [0.5, 0.6) is 0 Å². The second kappa shape index (κ2) is 4.52. The van der Waals surface area contributed by atoms with Gasteiger partial charge in [0.2, 0.25) is 0 Å². The summed E-state index contributed by atoms with van der Waals surface area (Å²) < 4.78 is 0. The fourth-order valence-corrected chi connectivity index (χ4v) is 3.46. The summed E-state index contributed by atoms with van der Waals surface area (Å²) in [5.74, 6) is 1.34. The zero-order valence-corrected chi connectivity index (χ0v) is 9.37. The SMILES string of the molecule is CCC[SH]1C=CC(c2ccccc2)=C1. The van der Waals surface area contributed by atoms with Gasteiger partial charge in [-0.1, -0.05) is 37.3 Å². The van der Waals surface area contributed by atoms with Crippen molar-refractivity contribution in [3.8, 4) is 0 Å². The molecule has 1 aliphatic heterocycles. The first-order valence-corrected chi connectivity index (χ1v) is 6.78. The Bertz CT molecular complexity index is 349. The molecule has 0 nitrogen and oxygen atoms in total. The number of allylic oxidation sites excluding steroid dienone is 2. The average Bonchev–Trinajstić information content (AvgIpc) is 2.68. The Morgan fingerprint density at radius 1 is 1.14 bits per heavy atom. The molecule has 74 valence electrons. The first kappa shape index (κ1) is 9.60. The van der Waals surface area contributed by atoms with Gasteiger partial charge in [0.25, 0.3) is 0 Å². The second-order valence-electron chi connectivity index (χ2n) is 3.50. The van der Waals surface area contributed by atoms with Gasteiger partial charge in [-0.3, -0.25) is 0 Å². The Hall–Kier alpha value is -0.950. The minimum atomic E-state index is 0.0493. The summed E-state index contributed by atoms with van der Waals surface area (Å²) in [4.78, 5) is 0. The Labute approximate surface area is 88.7 Å². The van der Waals surface area contributed by atoms with E-state index in [0.717, 1.165) is 0 Å². The molecule has 1 aromatic rings. The molecule has 0 saturated carbocycles. The molecule has 1 unspecified atom stereocenters. The van der Waals surface area contributed by atoms with Gasteiger partial charge in [0.05, 0.1) is 0 Å². The van der Waals surface area contributed by atoms with Gasteiger partial charge >= 0.3 is 0 Å². The van der Waals surface area contributed by atoms with Crippen LogP contribution in [0.3, 0.4) is 0 Å². The Balaban J connectivity index is 2.15. The maximum atomic E-state index is 2.44. The molecule has 1 heteroatoms. The molecule has 1 aromatic carbocycles. The highest BCUT2D eigenvalue weighted by Gasteiger charge is 2.06. The molecule has 0 spiro atoms. The zero-order chi connectivity index (χ0) is 9.80. The van der Waals surface area contributed by atoms with Crippen LogP contribution in [-0.2, 0) is 0 Å². The maximum absolute atomic E-state index is 2.44. The first-order chi connectivity index (χ1) is 6.90. The monoisotopic (exact) mass is 204 g/mol. The third kappa shape index (κ3) is 2.10. The van der Waals surface area contributed by atoms with Crippen LogP contribution in [0.25, 0.3) is 5.57 Å². The Morgan fingerprint density at radius 3 is 2.64 bits per heavy atom. The van der Waals surface area contributed by atoms with Crippen LogP contribution < -0.4 is 0 Å². The van der Waals surface area contributed by atoms with Crippen LogP contribution in [0.1, 0.15) is 18.9 Å². The largest absolute Gasteiger partial charge is 0.213 e. The highest BCUT2D eigenvalue weighted by molar-refractivity contribution is 8.22. The van der Waals surface area contributed by atoms with Gasteiger partial charge in [-0.05, 0) is 40.2 Å². The lowest BCUT2D eigenvalue weighted by molar-refractivity contribution is 1.11. The molecule has 0 amide bonds. The van der Waals surface area contributed by atoms with Gasteiger partial charge in [-0.25, -0.2) is 10.9 Å². The van der Waals surface area contributed by atoms with Gasteiger partial charge in [-0.15, -0.1) is 0 Å². The molecule has 14 heavy (non-hydrogen) atoms. The van der Waals surface area contributed by atoms with Crippen molar-refractivity contribution in [1.29, 1.82) is 0 Å². The summed E-state index contributed by atoms with van der Waals surface area (Å²) >= 11 is 0. The first-order valence-electron chi connectivity index (χ1n) is 5.11. The van der Waals surface area contributed by atoms with Gasteiger partial charge < -0.3 is 0 Å². The molecular formula is C13H16S. The van der Waals surface area contributed by atoms with E-state index < -0.39 is 0 Å². The smallest absolute Gasteiger partial charge is 0.0131 e. The summed E-state index contributed by atoms with van der Waals surface area (Å²) in [6, 6.07) is 10.6. The van der Waals surface area contributed by atoms with E-state index in [-0.39, 0.29) is 10.9 Å². The minimum Gasteiger partial charge on any atom is -0.213 e. The second-order valence-corrected chi connectivity index (χ2v) is 5.54. The molecule has 1 atom stereocenters. The Kier molecular flexibility index (Phi) is 3.10. The quantitative estimate of drug-likeness (QED) is 0.708. The van der Waals surface area contributed by atoms with Crippen molar-refractivity contribution in [2.24, 2.45) is 0 Å². The number of rotatable bonds is 3. The lowest BCUT2D eigenvalue weighted by Gasteiger charge is -2.06. The van der Waals surface area contributed by atoms with Crippen LogP contribution in [0.15, 0.2) is 47.2 Å². The topological polar surface area (TPSA) is 0 Å². The van der Waals surface area contributed by atoms with Gasteiger partial charge in [0.15, 0.2) is 0 Å². The molecule has 0 fully saturated rings. The van der Waals surface area contributed by atoms with Crippen LogP contribution in [0.2, 0.25) is 0 Å². The van der Waals surface area contributed by atoms with E-state index in [1.165, 1.54) is 23.3 Å². The van der Waals surface area contributed by atoms with Crippen LogP contribution >= 0.6 is 10.9 Å². The van der Waals surface area contributed by atoms with E-state index in [9.17, 15) is 0 Å². The maximum Gasteiger partial charge on any atom is -0.0131 e. The molecule has 1 aliphatic rings. The summed E-state index contributed by atoms with van der Waals surface area (Å²) in [7, 11) is 0.0493. The van der Waals surface area contributed by atoms with E-state index in [1.54, 1.807) is 0 Å². The van der Waals surface area contributed by atoms with Crippen LogP contribution in [0, 0.1) is 0 Å². The van der Waals surface area contributed by atoms with E-state index in [0.29, 0.717) is 0 Å². The third-order valence-corrected chi connectivity index (χ3v) is 4.44. The standard InChI is InChI=1S/C13H16S/c1-2-9-14-10-8-13(11-14)12-6-4-3-5-7-12/h3-8,10-11,14H,2,9H2,1H3. The van der Waals surface area contributed by atoms with Crippen molar-refractivity contribution in [2.75, 3.05) is 5.75 Å². The van der Waals surface area contributed by atoms with Gasteiger partial charge in [-0.2, -0.15) is 0 Å². The number of hydrogen-bond donors (Lipinski definition) is 1. The number of thiol groups is 1. The van der Waals surface area contributed by atoms with Crippen molar-refractivity contribution >= 4 is 16.5 Å². The highest BCUT2D eigenvalue weighted by atomic mass is 32.2. The van der Waals surface area contributed by atoms with Gasteiger partial charge in [0, 0.05) is 0 Å². The fraction of sp³-hybridized carbons (Fsp3) is 0.231. The molecule has 0 aromatic heterocycles. The third-order valence-electron chi connectivity index (χ3n) is 2.34. The normalized spacial score (nSPS) is 22.4.